The molecule has 0 spiro atoms. The van der Waals surface area contributed by atoms with Crippen molar-refractivity contribution < 1.29 is 56.7 Å². The summed E-state index contributed by atoms with van der Waals surface area (Å²) in [7, 11) is -10.1. The Morgan fingerprint density at radius 1 is 0.822 bits per heavy atom. The van der Waals surface area contributed by atoms with E-state index in [4.69, 9.17) is 33.3 Å². The van der Waals surface area contributed by atoms with Crippen molar-refractivity contribution in [1.82, 2.24) is 39.0 Å². The highest BCUT2D eigenvalue weighted by Gasteiger charge is 2.54. The van der Waals surface area contributed by atoms with E-state index < -0.39 is 89.1 Å². The zero-order valence-corrected chi connectivity index (χ0v) is 24.1. The number of rotatable bonds is 2. The van der Waals surface area contributed by atoms with E-state index in [9.17, 15) is 38.7 Å². The van der Waals surface area contributed by atoms with Gasteiger partial charge in [0.15, 0.2) is 34.8 Å². The van der Waals surface area contributed by atoms with Crippen LogP contribution in [0.25, 0.3) is 22.3 Å². The molecule has 0 aliphatic carbocycles. The first kappa shape index (κ1) is 30.2. The summed E-state index contributed by atoms with van der Waals surface area (Å²) >= 11 is 0. The summed E-state index contributed by atoms with van der Waals surface area (Å²) in [5.74, 6) is -0.275. The molecule has 242 valence electrons. The van der Waals surface area contributed by atoms with Gasteiger partial charge in [0.1, 0.15) is 36.6 Å². The molecule has 4 aromatic heterocycles. The Kier molecular flexibility index (Phi) is 7.27. The number of imidazole rings is 2. The largest absolute Gasteiger partial charge is 0.472 e. The Balaban J connectivity index is 1.17. The second kappa shape index (κ2) is 10.8. The van der Waals surface area contributed by atoms with Gasteiger partial charge in [0.05, 0.1) is 32.2 Å². The molecule has 3 saturated heterocycles. The minimum Gasteiger partial charge on any atom is -0.386 e. The van der Waals surface area contributed by atoms with Crippen LogP contribution in [-0.4, -0.2) is 109 Å². The van der Waals surface area contributed by atoms with Crippen molar-refractivity contribution in [2.45, 2.75) is 49.1 Å². The average Bonchev–Trinajstić information content (AvgIpc) is 3.72. The lowest BCUT2D eigenvalue weighted by Crippen LogP contribution is -2.39. The fourth-order valence-electron chi connectivity index (χ4n) is 5.31. The number of aliphatic hydroxyl groups excluding tert-OH is 2. The maximum absolute atomic E-state index is 13.1. The summed E-state index contributed by atoms with van der Waals surface area (Å²) in [4.78, 5) is 65.9. The topological polar surface area (TPSA) is 324 Å². The fraction of sp³-hybridized carbons (Fsp3) is 0.500. The van der Waals surface area contributed by atoms with Crippen molar-refractivity contribution in [1.29, 1.82) is 0 Å². The van der Waals surface area contributed by atoms with Crippen LogP contribution in [0.2, 0.25) is 0 Å². The molecular weight excluding hydrogens is 652 g/mol. The maximum Gasteiger partial charge on any atom is 0.472 e. The highest BCUT2D eigenvalue weighted by atomic mass is 31.2. The van der Waals surface area contributed by atoms with Gasteiger partial charge >= 0.3 is 15.6 Å². The number of hydrogen-bond acceptors (Lipinski definition) is 17. The van der Waals surface area contributed by atoms with E-state index in [1.54, 1.807) is 0 Å². The number of aromatic nitrogens is 8. The highest BCUT2D eigenvalue weighted by Crippen LogP contribution is 2.53. The quantitative estimate of drug-likeness (QED) is 0.107. The van der Waals surface area contributed by atoms with E-state index >= 15 is 0 Å². The lowest BCUT2D eigenvalue weighted by Gasteiger charge is -2.27. The van der Waals surface area contributed by atoms with Gasteiger partial charge < -0.3 is 40.2 Å². The summed E-state index contributed by atoms with van der Waals surface area (Å²) in [6, 6.07) is 0. The van der Waals surface area contributed by atoms with Gasteiger partial charge in [0.25, 0.3) is 11.1 Å². The molecule has 3 fully saturated rings. The van der Waals surface area contributed by atoms with Crippen LogP contribution in [-0.2, 0) is 36.7 Å². The molecule has 7 rings (SSSR count). The first-order chi connectivity index (χ1) is 21.3. The number of ether oxygens (including phenoxy) is 2. The Morgan fingerprint density at radius 2 is 1.33 bits per heavy atom. The first-order valence-electron chi connectivity index (χ1n) is 12.9. The smallest absolute Gasteiger partial charge is 0.386 e. The zero-order valence-electron chi connectivity index (χ0n) is 22.3. The number of hydrogen-bond donors (Lipinski definition) is 7. The van der Waals surface area contributed by atoms with Gasteiger partial charge in [-0.3, -0.25) is 41.8 Å². The van der Waals surface area contributed by atoms with Crippen molar-refractivity contribution in [2.24, 2.45) is 0 Å². The molecule has 0 saturated carbocycles. The number of anilines is 1. The molecular formula is C20H23N9O14P2. The Labute approximate surface area is 247 Å². The van der Waals surface area contributed by atoms with Gasteiger partial charge in [-0.05, 0) is 0 Å². The number of nitrogen functional groups attached to an aromatic ring is 1. The van der Waals surface area contributed by atoms with Gasteiger partial charge in [-0.25, -0.2) is 24.1 Å². The van der Waals surface area contributed by atoms with Crippen molar-refractivity contribution in [3.05, 3.63) is 39.7 Å². The number of aromatic amines is 2. The van der Waals surface area contributed by atoms with Crippen LogP contribution in [0.5, 0.6) is 0 Å². The lowest BCUT2D eigenvalue weighted by atomic mass is 10.1. The molecule has 3 aliphatic rings. The van der Waals surface area contributed by atoms with E-state index in [1.165, 1.54) is 0 Å². The molecule has 3 aliphatic heterocycles. The number of aliphatic hydroxyl groups is 2. The molecule has 23 nitrogen and oxygen atoms in total. The van der Waals surface area contributed by atoms with Crippen molar-refractivity contribution >= 4 is 43.9 Å². The van der Waals surface area contributed by atoms with Crippen LogP contribution < -0.4 is 16.9 Å². The molecule has 0 radical (unpaired) electrons. The van der Waals surface area contributed by atoms with E-state index in [-0.39, 0.29) is 28.3 Å². The predicted octanol–water partition coefficient (Wildman–Crippen LogP) is -2.63. The molecule has 0 bridgehead atoms. The van der Waals surface area contributed by atoms with Gasteiger partial charge in [0, 0.05) is 0 Å². The standard InChI is InChI=1S/C20H23N9O14P2/c21-20-26-15-9(17(33)27-20)25-5-29(15)19-11(31)13-7(41-19)2-39-44(34,35)42-12-6(1-38-45(36,37)43-13)40-18(10(12)30)28-4-24-8-14(28)22-3-23-16(8)32/h3-7,10-13,18-19,30-31H,1-2H2,(H,34,35)(H,36,37)(H,22,23,32)(H3,21,26,27,33)/t6-,7+,10-,11+,12-,13+,18-,19+/m1/s1. The third kappa shape index (κ3) is 5.31. The molecule has 4 aromatic rings. The first-order valence-corrected chi connectivity index (χ1v) is 15.9. The molecule has 10 atom stereocenters. The summed E-state index contributed by atoms with van der Waals surface area (Å²) in [6.07, 6.45) is -9.53. The molecule has 7 heterocycles. The zero-order chi connectivity index (χ0) is 31.8. The number of nitrogens with one attached hydrogen (secondary N) is 2. The summed E-state index contributed by atoms with van der Waals surface area (Å²) in [6.45, 7) is -1.70. The van der Waals surface area contributed by atoms with E-state index in [0.29, 0.717) is 0 Å². The maximum atomic E-state index is 13.1. The Bertz CT molecular complexity index is 2000. The Morgan fingerprint density at radius 3 is 1.89 bits per heavy atom. The molecule has 0 amide bonds. The summed E-state index contributed by atoms with van der Waals surface area (Å²) < 4.78 is 60.6. The third-order valence-electron chi connectivity index (χ3n) is 7.30. The number of nitrogens with two attached hydrogens (primary N) is 1. The molecule has 0 aromatic carbocycles. The fourth-order valence-corrected chi connectivity index (χ4v) is 7.24. The number of H-pyrrole nitrogens is 2. The SMILES string of the molecule is Nc1nc2c(ncn2[C@H]2O[C@H]3COP(=O)(O)O[C@H]4[C@@H](O)[C@H](n5cnc6c(=O)[nH]cnc65)O[C@@H]4COP(=O)(O)O[C@@H]3[C@@H]2O)c(=O)[nH]1. The van der Waals surface area contributed by atoms with Crippen LogP contribution in [0.15, 0.2) is 28.6 Å². The number of nitrogens with zero attached hydrogens (tertiary/aromatic N) is 6. The van der Waals surface area contributed by atoms with Crippen molar-refractivity contribution in [2.75, 3.05) is 18.9 Å². The van der Waals surface area contributed by atoms with Crippen LogP contribution in [0.3, 0.4) is 0 Å². The second-order valence-electron chi connectivity index (χ2n) is 10.1. The lowest BCUT2D eigenvalue weighted by molar-refractivity contribution is -0.0664. The number of phosphoric ester groups is 2. The minimum absolute atomic E-state index is 0.0118. The molecule has 8 N–H and O–H groups in total. The number of phosphoric acid groups is 2. The third-order valence-corrected chi connectivity index (χ3v) is 9.27. The molecule has 25 heteroatoms. The van der Waals surface area contributed by atoms with Crippen molar-refractivity contribution in [3.8, 4) is 0 Å². The van der Waals surface area contributed by atoms with Crippen molar-refractivity contribution in [3.63, 3.8) is 0 Å². The van der Waals surface area contributed by atoms with E-state index in [1.807, 2.05) is 0 Å². The van der Waals surface area contributed by atoms with E-state index in [2.05, 4.69) is 29.9 Å². The van der Waals surface area contributed by atoms with Gasteiger partial charge in [-0.2, -0.15) is 4.98 Å². The molecule has 45 heavy (non-hydrogen) atoms. The minimum atomic E-state index is -5.08. The van der Waals surface area contributed by atoms with Gasteiger partial charge in [-0.1, -0.05) is 0 Å². The Hall–Kier alpha value is -3.44. The summed E-state index contributed by atoms with van der Waals surface area (Å²) in [5.41, 5.74) is 3.96. The molecule has 2 unspecified atom stereocenters. The second-order valence-corrected chi connectivity index (χ2v) is 12.9. The highest BCUT2D eigenvalue weighted by molar-refractivity contribution is 7.47. The van der Waals surface area contributed by atoms with E-state index in [0.717, 1.165) is 28.1 Å². The summed E-state index contributed by atoms with van der Waals surface area (Å²) in [5, 5.41) is 22.2. The van der Waals surface area contributed by atoms with Gasteiger partial charge in [-0.15, -0.1) is 0 Å². The van der Waals surface area contributed by atoms with Crippen LogP contribution in [0, 0.1) is 0 Å². The monoisotopic (exact) mass is 675 g/mol. The number of fused-ring (bicyclic) bond motifs is 4. The van der Waals surface area contributed by atoms with Crippen LogP contribution in [0.1, 0.15) is 12.5 Å². The average molecular weight is 675 g/mol. The predicted molar refractivity (Wildman–Crippen MR) is 142 cm³/mol. The van der Waals surface area contributed by atoms with Crippen LogP contribution >= 0.6 is 15.6 Å². The van der Waals surface area contributed by atoms with Gasteiger partial charge in [0.2, 0.25) is 5.95 Å². The van der Waals surface area contributed by atoms with Crippen LogP contribution in [0.4, 0.5) is 5.95 Å². The normalized spacial score (nSPS) is 37.7.